The molecule has 0 N–H and O–H groups in total. The van der Waals surface area contributed by atoms with Gasteiger partial charge in [-0.1, -0.05) is 0 Å². The molecule has 2 aliphatic rings. The molecule has 2 aliphatic heterocycles. The molecule has 1 saturated heterocycles. The van der Waals surface area contributed by atoms with E-state index < -0.39 is 10.2 Å². The Morgan fingerprint density at radius 1 is 1.31 bits per heavy atom. The van der Waals surface area contributed by atoms with Gasteiger partial charge < -0.3 is 9.80 Å². The highest BCUT2D eigenvalue weighted by molar-refractivity contribution is 7.89. The maximum atomic E-state index is 11.1. The number of amidine groups is 1. The quantitative estimate of drug-likeness (QED) is 0.540. The van der Waals surface area contributed by atoms with E-state index in [4.69, 9.17) is 0 Å². The van der Waals surface area contributed by atoms with E-state index in [-0.39, 0.29) is 5.91 Å². The third-order valence-electron chi connectivity index (χ3n) is 2.56. The predicted molar refractivity (Wildman–Crippen MR) is 58.7 cm³/mol. The molecule has 2 rings (SSSR count). The lowest BCUT2D eigenvalue weighted by atomic mass is 10.3. The van der Waals surface area contributed by atoms with Crippen LogP contribution >= 0.6 is 0 Å². The van der Waals surface area contributed by atoms with Crippen LogP contribution in [-0.4, -0.2) is 62.4 Å². The highest BCUT2D eigenvalue weighted by atomic mass is 32.2. The average molecular weight is 244 g/mol. The third-order valence-corrected chi connectivity index (χ3v) is 3.35. The van der Waals surface area contributed by atoms with Crippen LogP contribution in [-0.2, 0) is 15.0 Å². The SMILES string of the molecule is CC(=O)N1CCN(C2=NS(=O)(=O)N=C2)CC1. The lowest BCUT2D eigenvalue weighted by molar-refractivity contribution is -0.130. The summed E-state index contributed by atoms with van der Waals surface area (Å²) in [5.41, 5.74) is 0. The molecule has 1 amide bonds. The summed E-state index contributed by atoms with van der Waals surface area (Å²) in [6.07, 6.45) is 1.25. The number of carbonyl (C=O) groups excluding carboxylic acids is 1. The summed E-state index contributed by atoms with van der Waals surface area (Å²) in [4.78, 5) is 14.6. The number of hydrogen-bond donors (Lipinski definition) is 0. The minimum atomic E-state index is -3.64. The van der Waals surface area contributed by atoms with Gasteiger partial charge in [0.1, 0.15) is 0 Å². The standard InChI is InChI=1S/C8H12N4O3S/c1-7(13)11-2-4-12(5-3-11)8-6-9-16(14,15)10-8/h6H,2-5H2,1H3. The molecule has 0 aliphatic carbocycles. The van der Waals surface area contributed by atoms with Gasteiger partial charge in [0.25, 0.3) is 0 Å². The van der Waals surface area contributed by atoms with Crippen molar-refractivity contribution in [1.29, 1.82) is 0 Å². The second-order valence-electron chi connectivity index (χ2n) is 3.62. The zero-order valence-corrected chi connectivity index (χ0v) is 9.64. The Bertz CT molecular complexity index is 460. The van der Waals surface area contributed by atoms with Crippen molar-refractivity contribution in [3.63, 3.8) is 0 Å². The van der Waals surface area contributed by atoms with E-state index in [0.717, 1.165) is 0 Å². The van der Waals surface area contributed by atoms with Gasteiger partial charge in [0, 0.05) is 33.1 Å². The molecule has 0 saturated carbocycles. The molecule has 2 heterocycles. The summed E-state index contributed by atoms with van der Waals surface area (Å²) >= 11 is 0. The first kappa shape index (κ1) is 11.1. The van der Waals surface area contributed by atoms with E-state index in [9.17, 15) is 13.2 Å². The zero-order valence-electron chi connectivity index (χ0n) is 8.83. The minimum absolute atomic E-state index is 0.0364. The second kappa shape index (κ2) is 3.85. The lowest BCUT2D eigenvalue weighted by Gasteiger charge is -2.34. The van der Waals surface area contributed by atoms with E-state index in [1.807, 2.05) is 4.90 Å². The van der Waals surface area contributed by atoms with Gasteiger partial charge in [-0.25, -0.2) is 0 Å². The molecule has 0 aromatic carbocycles. The van der Waals surface area contributed by atoms with Crippen LogP contribution in [0.3, 0.4) is 0 Å². The van der Waals surface area contributed by atoms with Crippen LogP contribution in [0, 0.1) is 0 Å². The van der Waals surface area contributed by atoms with Gasteiger partial charge in [-0.15, -0.1) is 8.80 Å². The largest absolute Gasteiger partial charge is 0.365 e. The second-order valence-corrected chi connectivity index (χ2v) is 4.91. The highest BCUT2D eigenvalue weighted by Gasteiger charge is 2.24. The molecule has 0 aromatic rings. The number of nitrogens with zero attached hydrogens (tertiary/aromatic N) is 4. The molecule has 0 bridgehead atoms. The molecule has 0 spiro atoms. The Hall–Kier alpha value is -1.44. The number of carbonyl (C=O) groups is 1. The van der Waals surface area contributed by atoms with Crippen molar-refractivity contribution >= 4 is 28.2 Å². The number of hydrogen-bond acceptors (Lipinski definition) is 4. The van der Waals surface area contributed by atoms with Crippen molar-refractivity contribution in [3.05, 3.63) is 0 Å². The number of piperazine rings is 1. The summed E-state index contributed by atoms with van der Waals surface area (Å²) in [5.74, 6) is 0.400. The number of amides is 1. The van der Waals surface area contributed by atoms with Crippen LogP contribution < -0.4 is 0 Å². The summed E-state index contributed by atoms with van der Waals surface area (Å²) in [7, 11) is -3.64. The predicted octanol–water partition coefficient (Wildman–Crippen LogP) is -1.12. The average Bonchev–Trinajstić information content (AvgIpc) is 2.59. The molecule has 0 atom stereocenters. The first-order valence-corrected chi connectivity index (χ1v) is 6.28. The molecule has 8 heteroatoms. The molecule has 1 fully saturated rings. The van der Waals surface area contributed by atoms with Crippen molar-refractivity contribution < 1.29 is 13.2 Å². The molecule has 7 nitrogen and oxygen atoms in total. The van der Waals surface area contributed by atoms with Gasteiger partial charge in [-0.2, -0.15) is 8.42 Å². The third kappa shape index (κ3) is 2.21. The molecule has 0 unspecified atom stereocenters. The summed E-state index contributed by atoms with van der Waals surface area (Å²) in [5, 5.41) is 0. The van der Waals surface area contributed by atoms with Gasteiger partial charge in [0.15, 0.2) is 5.84 Å². The zero-order chi connectivity index (χ0) is 11.8. The van der Waals surface area contributed by atoms with Crippen molar-refractivity contribution in [2.75, 3.05) is 26.2 Å². The van der Waals surface area contributed by atoms with Crippen molar-refractivity contribution in [2.45, 2.75) is 6.92 Å². The molecule has 16 heavy (non-hydrogen) atoms. The van der Waals surface area contributed by atoms with Crippen molar-refractivity contribution in [2.24, 2.45) is 8.80 Å². The van der Waals surface area contributed by atoms with E-state index in [0.29, 0.717) is 32.0 Å². The normalized spacial score (nSPS) is 23.4. The van der Waals surface area contributed by atoms with Crippen LogP contribution in [0.5, 0.6) is 0 Å². The molecular weight excluding hydrogens is 232 g/mol. The Labute approximate surface area is 93.7 Å². The summed E-state index contributed by atoms with van der Waals surface area (Å²) < 4.78 is 28.8. The van der Waals surface area contributed by atoms with Crippen LogP contribution in [0.1, 0.15) is 6.92 Å². The van der Waals surface area contributed by atoms with Crippen molar-refractivity contribution in [3.8, 4) is 0 Å². The fourth-order valence-electron chi connectivity index (χ4n) is 1.67. The Kier molecular flexibility index (Phi) is 2.66. The van der Waals surface area contributed by atoms with Gasteiger partial charge in [0.2, 0.25) is 5.91 Å². The van der Waals surface area contributed by atoms with E-state index in [1.54, 1.807) is 4.90 Å². The summed E-state index contributed by atoms with van der Waals surface area (Å²) in [6, 6.07) is 0. The molecular formula is C8H12N4O3S. The van der Waals surface area contributed by atoms with Crippen LogP contribution in [0.4, 0.5) is 0 Å². The maximum absolute atomic E-state index is 11.1. The Morgan fingerprint density at radius 3 is 2.38 bits per heavy atom. The van der Waals surface area contributed by atoms with E-state index in [1.165, 1.54) is 13.1 Å². The highest BCUT2D eigenvalue weighted by Crippen LogP contribution is 2.08. The van der Waals surface area contributed by atoms with E-state index >= 15 is 0 Å². The maximum Gasteiger partial charge on any atom is 0.365 e. The fourth-order valence-corrected chi connectivity index (χ4v) is 2.34. The first-order chi connectivity index (χ1) is 7.48. The van der Waals surface area contributed by atoms with Crippen LogP contribution in [0.15, 0.2) is 8.80 Å². The monoisotopic (exact) mass is 244 g/mol. The lowest BCUT2D eigenvalue weighted by Crippen LogP contribution is -2.50. The Morgan fingerprint density at radius 2 is 1.94 bits per heavy atom. The number of rotatable bonds is 0. The first-order valence-electron chi connectivity index (χ1n) is 4.89. The molecule has 0 radical (unpaired) electrons. The van der Waals surface area contributed by atoms with Gasteiger partial charge in [-0.05, 0) is 0 Å². The van der Waals surface area contributed by atoms with Crippen LogP contribution in [0.2, 0.25) is 0 Å². The Balaban J connectivity index is 2.01. The van der Waals surface area contributed by atoms with Gasteiger partial charge in [-0.3, -0.25) is 4.79 Å². The fraction of sp³-hybridized carbons (Fsp3) is 0.625. The van der Waals surface area contributed by atoms with Crippen molar-refractivity contribution in [1.82, 2.24) is 9.80 Å². The van der Waals surface area contributed by atoms with Gasteiger partial charge in [0.05, 0.1) is 6.21 Å². The molecule has 0 aromatic heterocycles. The van der Waals surface area contributed by atoms with Crippen LogP contribution in [0.25, 0.3) is 0 Å². The summed E-state index contributed by atoms with van der Waals surface area (Å²) in [6.45, 7) is 3.86. The van der Waals surface area contributed by atoms with Gasteiger partial charge >= 0.3 is 10.2 Å². The minimum Gasteiger partial charge on any atom is -0.351 e. The smallest absolute Gasteiger partial charge is 0.351 e. The van der Waals surface area contributed by atoms with E-state index in [2.05, 4.69) is 8.80 Å². The molecule has 88 valence electrons. The topological polar surface area (TPSA) is 82.4 Å².